The average molecular weight is 577 g/mol. The molecule has 0 saturated heterocycles. The van der Waals surface area contributed by atoms with Crippen LogP contribution in [0.2, 0.25) is 0 Å². The SMILES string of the molecule is C=C/C=C(\C=C)c1ccc(C)c(-c2ccccc2-c2ccccc2-c2cc(-c3cccc4c3Cc3ccccc3-4)ccc2C)c1. The van der Waals surface area contributed by atoms with Crippen LogP contribution in [0.4, 0.5) is 0 Å². The van der Waals surface area contributed by atoms with Crippen LogP contribution in [0.5, 0.6) is 0 Å². The van der Waals surface area contributed by atoms with E-state index in [2.05, 4.69) is 154 Å². The van der Waals surface area contributed by atoms with E-state index in [-0.39, 0.29) is 0 Å². The van der Waals surface area contributed by atoms with Gasteiger partial charge in [-0.1, -0.05) is 147 Å². The molecule has 216 valence electrons. The number of fused-ring (bicyclic) bond motifs is 3. The Hall–Kier alpha value is -5.46. The first-order chi connectivity index (χ1) is 22.1. The van der Waals surface area contributed by atoms with Crippen LogP contribution in [0.1, 0.15) is 27.8 Å². The van der Waals surface area contributed by atoms with Crippen LogP contribution in [0, 0.1) is 13.8 Å². The minimum absolute atomic E-state index is 0.975. The van der Waals surface area contributed by atoms with Crippen molar-refractivity contribution in [3.63, 3.8) is 0 Å². The summed E-state index contributed by atoms with van der Waals surface area (Å²) in [4.78, 5) is 0. The molecule has 0 aromatic heterocycles. The van der Waals surface area contributed by atoms with E-state index in [0.717, 1.165) is 17.6 Å². The normalized spacial score (nSPS) is 12.0. The fourth-order valence-corrected chi connectivity index (χ4v) is 6.91. The van der Waals surface area contributed by atoms with Crippen molar-refractivity contribution >= 4 is 5.57 Å². The van der Waals surface area contributed by atoms with Crippen molar-refractivity contribution in [2.75, 3.05) is 0 Å². The van der Waals surface area contributed by atoms with Crippen molar-refractivity contribution in [1.82, 2.24) is 0 Å². The maximum absolute atomic E-state index is 4.04. The summed E-state index contributed by atoms with van der Waals surface area (Å²) in [7, 11) is 0. The molecule has 0 heterocycles. The van der Waals surface area contributed by atoms with Gasteiger partial charge in [0.2, 0.25) is 0 Å². The predicted octanol–water partition coefficient (Wildman–Crippen LogP) is 12.3. The van der Waals surface area contributed by atoms with Crippen LogP contribution in [0.25, 0.3) is 61.2 Å². The highest BCUT2D eigenvalue weighted by Crippen LogP contribution is 2.44. The molecule has 0 spiro atoms. The molecule has 0 N–H and O–H groups in total. The molecule has 0 atom stereocenters. The van der Waals surface area contributed by atoms with E-state index in [1.807, 2.05) is 18.2 Å². The predicted molar refractivity (Wildman–Crippen MR) is 194 cm³/mol. The summed E-state index contributed by atoms with van der Waals surface area (Å²) < 4.78 is 0. The largest absolute Gasteiger partial charge is 0.0990 e. The maximum atomic E-state index is 4.04. The molecule has 0 fully saturated rings. The van der Waals surface area contributed by atoms with E-state index in [1.165, 1.54) is 77.9 Å². The van der Waals surface area contributed by atoms with Gasteiger partial charge >= 0.3 is 0 Å². The Morgan fingerprint density at radius 2 is 1.04 bits per heavy atom. The van der Waals surface area contributed by atoms with Gasteiger partial charge in [-0.25, -0.2) is 0 Å². The number of hydrogen-bond donors (Lipinski definition) is 0. The molecule has 0 unspecified atom stereocenters. The lowest BCUT2D eigenvalue weighted by Crippen LogP contribution is -1.94. The summed E-state index contributed by atoms with van der Waals surface area (Å²) >= 11 is 0. The quantitative estimate of drug-likeness (QED) is 0.166. The molecule has 0 bridgehead atoms. The fourth-order valence-electron chi connectivity index (χ4n) is 6.91. The highest BCUT2D eigenvalue weighted by atomic mass is 14.3. The lowest BCUT2D eigenvalue weighted by atomic mass is 9.85. The summed E-state index contributed by atoms with van der Waals surface area (Å²) in [6.45, 7) is 12.4. The van der Waals surface area contributed by atoms with Crippen LogP contribution in [0.3, 0.4) is 0 Å². The Kier molecular flexibility index (Phi) is 7.49. The standard InChI is InChI=1S/C45H36/c1-5-14-32(6-2)33-25-23-30(3)43(27-33)41-19-11-9-17-39(41)40-18-10-12-20-42(40)44-28-35(26-24-31(44)4)37-21-13-22-38-36-16-8-7-15-34(36)29-45(37)38/h5-28H,1-2,29H2,3-4H3/b32-14+. The van der Waals surface area contributed by atoms with Crippen molar-refractivity contribution in [3.05, 3.63) is 187 Å². The second-order valence-electron chi connectivity index (χ2n) is 11.9. The van der Waals surface area contributed by atoms with Gasteiger partial charge in [-0.05, 0) is 121 Å². The zero-order chi connectivity index (χ0) is 30.9. The molecule has 45 heavy (non-hydrogen) atoms. The molecule has 7 rings (SSSR count). The highest BCUT2D eigenvalue weighted by Gasteiger charge is 2.22. The zero-order valence-electron chi connectivity index (χ0n) is 26.0. The van der Waals surface area contributed by atoms with Gasteiger partial charge in [0.1, 0.15) is 0 Å². The van der Waals surface area contributed by atoms with E-state index < -0.39 is 0 Å². The van der Waals surface area contributed by atoms with Crippen molar-refractivity contribution in [2.45, 2.75) is 20.3 Å². The third kappa shape index (κ3) is 5.09. The Bertz CT molecular complexity index is 2130. The third-order valence-corrected chi connectivity index (χ3v) is 9.21. The third-order valence-electron chi connectivity index (χ3n) is 9.21. The molecule has 0 nitrogen and oxygen atoms in total. The van der Waals surface area contributed by atoms with E-state index in [4.69, 9.17) is 0 Å². The molecule has 0 amide bonds. The molecule has 1 aliphatic carbocycles. The van der Waals surface area contributed by atoms with Crippen LogP contribution in [0.15, 0.2) is 159 Å². The lowest BCUT2D eigenvalue weighted by Gasteiger charge is -2.19. The monoisotopic (exact) mass is 576 g/mol. The summed E-state index contributed by atoms with van der Waals surface area (Å²) in [5, 5.41) is 0. The summed E-state index contributed by atoms with van der Waals surface area (Å²) in [5.74, 6) is 0. The number of aryl methyl sites for hydroxylation is 2. The number of allylic oxidation sites excluding steroid dienone is 4. The maximum Gasteiger partial charge on any atom is -0.000729 e. The highest BCUT2D eigenvalue weighted by molar-refractivity contribution is 5.95. The molecule has 1 aliphatic rings. The molecule has 6 aromatic carbocycles. The number of hydrogen-bond acceptors (Lipinski definition) is 0. The van der Waals surface area contributed by atoms with Gasteiger partial charge in [0.15, 0.2) is 0 Å². The van der Waals surface area contributed by atoms with Crippen LogP contribution < -0.4 is 0 Å². The van der Waals surface area contributed by atoms with Gasteiger partial charge in [-0.3, -0.25) is 0 Å². The number of benzene rings is 6. The second-order valence-corrected chi connectivity index (χ2v) is 11.9. The van der Waals surface area contributed by atoms with Crippen LogP contribution >= 0.6 is 0 Å². The summed E-state index contributed by atoms with van der Waals surface area (Å²) in [5.41, 5.74) is 20.2. The first-order valence-corrected chi connectivity index (χ1v) is 15.6. The summed E-state index contributed by atoms with van der Waals surface area (Å²) in [6, 6.07) is 46.9. The van der Waals surface area contributed by atoms with Gasteiger partial charge in [-0.15, -0.1) is 0 Å². The molecular weight excluding hydrogens is 540 g/mol. The summed E-state index contributed by atoms with van der Waals surface area (Å²) in [6.07, 6.45) is 6.70. The number of rotatable bonds is 7. The Balaban J connectivity index is 1.37. The first kappa shape index (κ1) is 28.3. The first-order valence-electron chi connectivity index (χ1n) is 15.6. The van der Waals surface area contributed by atoms with Crippen molar-refractivity contribution in [1.29, 1.82) is 0 Å². The molecule has 0 aliphatic heterocycles. The molecular formula is C45H36. The van der Waals surface area contributed by atoms with E-state index in [0.29, 0.717) is 0 Å². The topological polar surface area (TPSA) is 0 Å². The molecule has 0 saturated carbocycles. The average Bonchev–Trinajstić information content (AvgIpc) is 3.47. The second kappa shape index (κ2) is 11.9. The van der Waals surface area contributed by atoms with Gasteiger partial charge in [0.25, 0.3) is 0 Å². The molecule has 6 aromatic rings. The molecule has 0 radical (unpaired) electrons. The Morgan fingerprint density at radius 3 is 1.69 bits per heavy atom. The Labute approximate surface area is 267 Å². The van der Waals surface area contributed by atoms with Gasteiger partial charge < -0.3 is 0 Å². The minimum atomic E-state index is 0.975. The zero-order valence-corrected chi connectivity index (χ0v) is 26.0. The fraction of sp³-hybridized carbons (Fsp3) is 0.0667. The smallest absolute Gasteiger partial charge is 0.000729 e. The van der Waals surface area contributed by atoms with Gasteiger partial charge in [0, 0.05) is 0 Å². The van der Waals surface area contributed by atoms with E-state index in [1.54, 1.807) is 0 Å². The van der Waals surface area contributed by atoms with E-state index >= 15 is 0 Å². The van der Waals surface area contributed by atoms with Gasteiger partial charge in [-0.2, -0.15) is 0 Å². The van der Waals surface area contributed by atoms with Crippen LogP contribution in [-0.4, -0.2) is 0 Å². The van der Waals surface area contributed by atoms with Crippen molar-refractivity contribution in [2.24, 2.45) is 0 Å². The molecule has 0 heteroatoms. The van der Waals surface area contributed by atoms with Crippen LogP contribution in [-0.2, 0) is 6.42 Å². The minimum Gasteiger partial charge on any atom is -0.0990 e. The lowest BCUT2D eigenvalue weighted by molar-refractivity contribution is 1.26. The van der Waals surface area contributed by atoms with Crippen molar-refractivity contribution < 1.29 is 0 Å². The van der Waals surface area contributed by atoms with Gasteiger partial charge in [0.05, 0.1) is 0 Å². The Morgan fingerprint density at radius 1 is 0.511 bits per heavy atom. The van der Waals surface area contributed by atoms with E-state index in [9.17, 15) is 0 Å². The van der Waals surface area contributed by atoms with Crippen molar-refractivity contribution in [3.8, 4) is 55.6 Å².